The van der Waals surface area contributed by atoms with Crippen LogP contribution in [0.15, 0.2) is 72.9 Å². The van der Waals surface area contributed by atoms with Crippen molar-refractivity contribution in [1.29, 1.82) is 0 Å². The van der Waals surface area contributed by atoms with E-state index < -0.39 is 32.5 Å². The van der Waals surface area contributed by atoms with Crippen molar-refractivity contribution in [3.63, 3.8) is 0 Å². The van der Waals surface area contributed by atoms with Crippen molar-refractivity contribution < 1.29 is 37.3 Å². The molecule has 1 amide bonds. The average Bonchev–Trinajstić information content (AvgIpc) is 3.23. The maximum absolute atomic E-state index is 13.4. The van der Waals surface area contributed by atoms with Crippen LogP contribution in [0.2, 0.25) is 0 Å². The number of unbranched alkanes of at least 4 members (excludes halogenated alkanes) is 20. The van der Waals surface area contributed by atoms with Crippen molar-refractivity contribution in [3.05, 3.63) is 72.9 Å². The normalized spacial score (nSPS) is 14.6. The Labute approximate surface area is 387 Å². The second-order valence-electron chi connectivity index (χ2n) is 18.0. The molecule has 0 heterocycles. The van der Waals surface area contributed by atoms with Gasteiger partial charge in [-0.15, -0.1) is 0 Å². The number of nitrogens with zero attached hydrogens (tertiary/aromatic N) is 1. The molecule has 0 bridgehead atoms. The molecule has 1 N–H and O–H groups in total. The minimum Gasteiger partial charge on any atom is -0.756 e. The van der Waals surface area contributed by atoms with Crippen LogP contribution in [0.4, 0.5) is 0 Å². The summed E-state index contributed by atoms with van der Waals surface area (Å²) in [4.78, 5) is 39.5. The first-order valence-corrected chi connectivity index (χ1v) is 26.7. The molecule has 0 aromatic rings. The number of carbonyl (C=O) groups excluding carboxylic acids is 2. The predicted molar refractivity (Wildman–Crippen MR) is 265 cm³/mol. The Kier molecular flexibility index (Phi) is 41.6. The van der Waals surface area contributed by atoms with E-state index >= 15 is 0 Å². The van der Waals surface area contributed by atoms with Crippen LogP contribution in [0.1, 0.15) is 201 Å². The summed E-state index contributed by atoms with van der Waals surface area (Å²) >= 11 is 0. The van der Waals surface area contributed by atoms with Gasteiger partial charge in [-0.05, 0) is 70.3 Å². The highest BCUT2D eigenvalue weighted by Gasteiger charge is 2.27. The molecule has 9 nitrogen and oxygen atoms in total. The summed E-state index contributed by atoms with van der Waals surface area (Å²) < 4.78 is 30.0. The lowest BCUT2D eigenvalue weighted by atomic mass is 10.1. The van der Waals surface area contributed by atoms with Gasteiger partial charge in [0.05, 0.1) is 33.8 Å². The number of phosphoric acid groups is 1. The third-order valence-electron chi connectivity index (χ3n) is 10.7. The highest BCUT2D eigenvalue weighted by Crippen LogP contribution is 2.38. The van der Waals surface area contributed by atoms with E-state index in [4.69, 9.17) is 13.8 Å². The third kappa shape index (κ3) is 44.4. The number of hydrogen-bond donors (Lipinski definition) is 1. The van der Waals surface area contributed by atoms with E-state index in [1.807, 2.05) is 45.4 Å². The summed E-state index contributed by atoms with van der Waals surface area (Å²) in [5.74, 6) is -0.651. The second-order valence-corrected chi connectivity index (χ2v) is 19.4. The largest absolute Gasteiger partial charge is 0.756 e. The molecule has 0 aliphatic rings. The van der Waals surface area contributed by atoms with Crippen LogP contribution in [-0.4, -0.2) is 69.4 Å². The number of rotatable bonds is 44. The summed E-state index contributed by atoms with van der Waals surface area (Å²) in [5.41, 5.74) is 0. The van der Waals surface area contributed by atoms with E-state index in [-0.39, 0.29) is 25.4 Å². The fourth-order valence-corrected chi connectivity index (χ4v) is 7.47. The Balaban J connectivity index is 5.56. The lowest BCUT2D eigenvalue weighted by molar-refractivity contribution is -0.870. The van der Waals surface area contributed by atoms with Crippen LogP contribution >= 0.6 is 7.82 Å². The van der Waals surface area contributed by atoms with Gasteiger partial charge >= 0.3 is 5.97 Å². The summed E-state index contributed by atoms with van der Waals surface area (Å²) in [6, 6.07) is -0.921. The van der Waals surface area contributed by atoms with Crippen LogP contribution < -0.4 is 10.2 Å². The molecule has 0 fully saturated rings. The van der Waals surface area contributed by atoms with E-state index in [0.717, 1.165) is 70.6 Å². The van der Waals surface area contributed by atoms with Crippen LogP contribution in [-0.2, 0) is 27.9 Å². The van der Waals surface area contributed by atoms with Gasteiger partial charge in [0.2, 0.25) is 5.91 Å². The van der Waals surface area contributed by atoms with Crippen LogP contribution in [0.3, 0.4) is 0 Å². The molecule has 0 aromatic carbocycles. The third-order valence-corrected chi connectivity index (χ3v) is 11.7. The number of likely N-dealkylation sites (N-methyl/N-ethyl adjacent to an activating group) is 1. The number of quaternary nitrogens is 1. The number of hydrogen-bond acceptors (Lipinski definition) is 7. The maximum Gasteiger partial charge on any atom is 0.306 e. The predicted octanol–water partition coefficient (Wildman–Crippen LogP) is 13.9. The molecule has 0 aromatic heterocycles. The standard InChI is InChI=1S/C53H95N2O7P/c1-7-10-13-16-19-22-25-27-30-33-36-39-42-45-52(56)54-50(49-61-63(58,59)60-48-47-55(4,5)6)51(44-41-38-35-32-29-24-21-18-15-12-9-3)62-53(57)46-43-40-37-34-31-28-26-23-20-17-14-11-8-2/h10,13,16,19,22,25,28,31,37,40-41,44,50-51H,7-9,11-12,14-15,17-18,20-21,23-24,26-27,29-30,32-36,38-39,42-43,45-49H2,1-6H3,(H-,54,56,58,59)/b13-10+,19-16+,25-22-,31-28-,40-37+,44-41+. The Bertz CT molecular complexity index is 1320. The van der Waals surface area contributed by atoms with Gasteiger partial charge in [-0.1, -0.05) is 190 Å². The number of allylic oxidation sites excluding steroid dienone is 11. The van der Waals surface area contributed by atoms with E-state index in [1.54, 1.807) is 6.08 Å². The fraction of sp³-hybridized carbons (Fsp3) is 0.736. The lowest BCUT2D eigenvalue weighted by Gasteiger charge is -2.30. The molecule has 0 aliphatic heterocycles. The molecule has 3 unspecified atom stereocenters. The number of nitrogens with one attached hydrogen (secondary N) is 1. The molecule has 0 spiro atoms. The zero-order valence-electron chi connectivity index (χ0n) is 41.3. The van der Waals surface area contributed by atoms with Gasteiger partial charge in [0.1, 0.15) is 19.3 Å². The maximum atomic E-state index is 13.4. The Morgan fingerprint density at radius 2 is 1.10 bits per heavy atom. The van der Waals surface area contributed by atoms with Gasteiger partial charge in [0.15, 0.2) is 0 Å². The highest BCUT2D eigenvalue weighted by molar-refractivity contribution is 7.45. The smallest absolute Gasteiger partial charge is 0.306 e. The van der Waals surface area contributed by atoms with E-state index in [1.165, 1.54) is 83.5 Å². The highest BCUT2D eigenvalue weighted by atomic mass is 31.2. The van der Waals surface area contributed by atoms with Gasteiger partial charge in [-0.25, -0.2) is 0 Å². The van der Waals surface area contributed by atoms with Crippen molar-refractivity contribution in [2.24, 2.45) is 0 Å². The van der Waals surface area contributed by atoms with Crippen molar-refractivity contribution in [3.8, 4) is 0 Å². The second kappa shape index (κ2) is 43.3. The molecule has 0 saturated heterocycles. The van der Waals surface area contributed by atoms with Crippen molar-refractivity contribution in [1.82, 2.24) is 5.32 Å². The lowest BCUT2D eigenvalue weighted by Crippen LogP contribution is -2.47. The minimum atomic E-state index is -4.70. The molecule has 364 valence electrons. The first-order chi connectivity index (χ1) is 30.4. The van der Waals surface area contributed by atoms with Gasteiger partial charge < -0.3 is 28.5 Å². The quantitative estimate of drug-likeness (QED) is 0.0162. The van der Waals surface area contributed by atoms with E-state index in [2.05, 4.69) is 68.6 Å². The molecule has 0 saturated carbocycles. The fourth-order valence-electron chi connectivity index (χ4n) is 6.75. The van der Waals surface area contributed by atoms with Gasteiger partial charge in [-0.3, -0.25) is 14.2 Å². The Morgan fingerprint density at radius 1 is 0.587 bits per heavy atom. The summed E-state index contributed by atoms with van der Waals surface area (Å²) in [7, 11) is 1.13. The van der Waals surface area contributed by atoms with E-state index in [9.17, 15) is 19.0 Å². The summed E-state index contributed by atoms with van der Waals surface area (Å²) in [6.07, 6.45) is 53.1. The summed E-state index contributed by atoms with van der Waals surface area (Å²) in [6.45, 7) is 6.60. The van der Waals surface area contributed by atoms with Crippen LogP contribution in [0, 0.1) is 0 Å². The zero-order chi connectivity index (χ0) is 46.5. The molecular weight excluding hydrogens is 808 g/mol. The van der Waals surface area contributed by atoms with Crippen LogP contribution in [0.5, 0.6) is 0 Å². The van der Waals surface area contributed by atoms with Crippen molar-refractivity contribution in [2.45, 2.75) is 213 Å². The average molecular weight is 903 g/mol. The Morgan fingerprint density at radius 3 is 1.67 bits per heavy atom. The molecule has 63 heavy (non-hydrogen) atoms. The molecular formula is C53H95N2O7P. The van der Waals surface area contributed by atoms with Crippen molar-refractivity contribution >= 4 is 19.7 Å². The Hall–Kier alpha value is -2.55. The molecule has 0 rings (SSSR count). The molecule has 0 aliphatic carbocycles. The van der Waals surface area contributed by atoms with E-state index in [0.29, 0.717) is 23.9 Å². The van der Waals surface area contributed by atoms with Gasteiger partial charge in [0.25, 0.3) is 7.82 Å². The first-order valence-electron chi connectivity index (χ1n) is 25.3. The SMILES string of the molecule is CC/C=C/C=C/C=C\CCCCCCCC(=O)NC(COP(=O)([O-])OCC[N+](C)(C)C)C(/C=C/CCCCCCCCCCC)OC(=O)CC/C=C/C/C=C\CCCCCCCC. The topological polar surface area (TPSA) is 114 Å². The number of phosphoric ester groups is 1. The number of ether oxygens (including phenoxy) is 1. The number of carbonyl (C=O) groups is 2. The van der Waals surface area contributed by atoms with Crippen molar-refractivity contribution in [2.75, 3.05) is 40.9 Å². The monoisotopic (exact) mass is 903 g/mol. The minimum absolute atomic E-state index is 0.0369. The number of esters is 1. The zero-order valence-corrected chi connectivity index (χ0v) is 42.1. The first kappa shape index (κ1) is 60.5. The molecule has 0 radical (unpaired) electrons. The molecule has 3 atom stereocenters. The van der Waals surface area contributed by atoms with Gasteiger partial charge in [0, 0.05) is 12.8 Å². The number of amides is 1. The molecule has 10 heteroatoms. The summed E-state index contributed by atoms with van der Waals surface area (Å²) in [5, 5.41) is 2.97. The van der Waals surface area contributed by atoms with Crippen LogP contribution in [0.25, 0.3) is 0 Å². The van der Waals surface area contributed by atoms with Gasteiger partial charge in [-0.2, -0.15) is 0 Å².